The smallest absolute Gasteiger partial charge is 0.0786 e. The van der Waals surface area contributed by atoms with Gasteiger partial charge >= 0.3 is 0 Å². The average molecular weight is 347 g/mol. The number of rotatable bonds is 8. The van der Waals surface area contributed by atoms with Crippen LogP contribution in [0.3, 0.4) is 0 Å². The lowest BCUT2D eigenvalue weighted by Crippen LogP contribution is -2.36. The second kappa shape index (κ2) is 8.42. The maximum atomic E-state index is 13.5. The van der Waals surface area contributed by atoms with Crippen LogP contribution in [0.15, 0.2) is 69.9 Å². The fraction of sp³-hybridized carbons (Fsp3) is 0.368. The summed E-state index contributed by atoms with van der Waals surface area (Å²) in [6.07, 6.45) is 0.428. The number of ether oxygens (including phenoxy) is 1. The average Bonchev–Trinajstić information content (AvgIpc) is 2.56. The van der Waals surface area contributed by atoms with Crippen molar-refractivity contribution in [3.05, 3.63) is 66.2 Å². The lowest BCUT2D eigenvalue weighted by Gasteiger charge is -2.25. The van der Waals surface area contributed by atoms with Crippen molar-refractivity contribution < 1.29 is 14.1 Å². The standard InChI is InChI=1S/C19H25NO3S/c1-19(21,15-17-9-5-3-6-10-17)16-24(22,20-13-14-23-2)18-11-7-4-8-12-18/h3-12,21H,13-16H2,1-2H3. The van der Waals surface area contributed by atoms with E-state index in [0.29, 0.717) is 24.5 Å². The summed E-state index contributed by atoms with van der Waals surface area (Å²) in [5.41, 5.74) is -0.112. The fourth-order valence-corrected chi connectivity index (χ4v) is 4.92. The molecular weight excluding hydrogens is 322 g/mol. The van der Waals surface area contributed by atoms with E-state index >= 15 is 0 Å². The Morgan fingerprint density at radius 1 is 1.08 bits per heavy atom. The second-order valence-corrected chi connectivity index (χ2v) is 8.40. The predicted molar refractivity (Wildman–Crippen MR) is 97.7 cm³/mol. The lowest BCUT2D eigenvalue weighted by molar-refractivity contribution is 0.0848. The minimum absolute atomic E-state index is 0.0859. The van der Waals surface area contributed by atoms with E-state index in [1.807, 2.05) is 48.5 Å². The molecule has 2 aromatic carbocycles. The molecule has 0 saturated carbocycles. The first-order chi connectivity index (χ1) is 11.5. The minimum atomic E-state index is -2.72. The number of benzene rings is 2. The molecule has 130 valence electrons. The van der Waals surface area contributed by atoms with Crippen LogP contribution in [0.1, 0.15) is 12.5 Å². The van der Waals surface area contributed by atoms with Crippen LogP contribution in [0.4, 0.5) is 0 Å². The fourth-order valence-electron chi connectivity index (χ4n) is 2.62. The van der Waals surface area contributed by atoms with Crippen molar-refractivity contribution in [2.45, 2.75) is 23.8 Å². The monoisotopic (exact) mass is 347 g/mol. The third-order valence-electron chi connectivity index (χ3n) is 3.64. The zero-order valence-electron chi connectivity index (χ0n) is 14.2. The van der Waals surface area contributed by atoms with E-state index in [2.05, 4.69) is 4.36 Å². The summed E-state index contributed by atoms with van der Waals surface area (Å²) in [4.78, 5) is 0.648. The maximum Gasteiger partial charge on any atom is 0.0786 e. The molecule has 0 bridgehead atoms. The van der Waals surface area contributed by atoms with Gasteiger partial charge < -0.3 is 9.84 Å². The van der Waals surface area contributed by atoms with Gasteiger partial charge in [0.15, 0.2) is 0 Å². The van der Waals surface area contributed by atoms with E-state index in [9.17, 15) is 9.32 Å². The first kappa shape index (κ1) is 18.6. The Morgan fingerprint density at radius 3 is 2.25 bits per heavy atom. The van der Waals surface area contributed by atoms with E-state index in [0.717, 1.165) is 5.56 Å². The molecule has 4 nitrogen and oxygen atoms in total. The topological polar surface area (TPSA) is 58.9 Å². The molecule has 0 heterocycles. The second-order valence-electron chi connectivity index (χ2n) is 6.10. The largest absolute Gasteiger partial charge is 0.389 e. The van der Waals surface area contributed by atoms with Crippen molar-refractivity contribution >= 4 is 9.73 Å². The van der Waals surface area contributed by atoms with E-state index in [1.165, 1.54) is 0 Å². The Hall–Kier alpha value is -1.69. The third kappa shape index (κ3) is 5.44. The number of hydrogen-bond donors (Lipinski definition) is 1. The van der Waals surface area contributed by atoms with Crippen LogP contribution >= 0.6 is 0 Å². The van der Waals surface area contributed by atoms with Crippen LogP contribution in [0, 0.1) is 0 Å². The van der Waals surface area contributed by atoms with Gasteiger partial charge in [-0.15, -0.1) is 0 Å². The van der Waals surface area contributed by atoms with Crippen LogP contribution in [-0.2, 0) is 20.9 Å². The Kier molecular flexibility index (Phi) is 6.54. The molecule has 0 aliphatic carbocycles. The Labute approximate surface area is 144 Å². The summed E-state index contributed by atoms with van der Waals surface area (Å²) in [6, 6.07) is 18.9. The Bertz CT molecular complexity index is 736. The highest BCUT2D eigenvalue weighted by Gasteiger charge is 2.28. The summed E-state index contributed by atoms with van der Waals surface area (Å²) < 4.78 is 22.9. The predicted octanol–water partition coefficient (Wildman–Crippen LogP) is 3.15. The summed E-state index contributed by atoms with van der Waals surface area (Å²) in [7, 11) is -1.13. The van der Waals surface area contributed by atoms with Crippen LogP contribution in [-0.4, -0.2) is 40.9 Å². The maximum absolute atomic E-state index is 13.5. The summed E-state index contributed by atoms with van der Waals surface area (Å²) >= 11 is 0. The van der Waals surface area contributed by atoms with Gasteiger partial charge in [-0.3, -0.25) is 0 Å². The summed E-state index contributed by atoms with van der Waals surface area (Å²) in [5.74, 6) is 0.0859. The van der Waals surface area contributed by atoms with Crippen molar-refractivity contribution in [2.75, 3.05) is 26.0 Å². The minimum Gasteiger partial charge on any atom is -0.389 e. The van der Waals surface area contributed by atoms with Gasteiger partial charge in [-0.25, -0.2) is 8.57 Å². The number of methoxy groups -OCH3 is 1. The van der Waals surface area contributed by atoms with Crippen molar-refractivity contribution in [1.82, 2.24) is 0 Å². The number of nitrogens with zero attached hydrogens (tertiary/aromatic N) is 1. The van der Waals surface area contributed by atoms with Crippen molar-refractivity contribution in [3.8, 4) is 0 Å². The molecule has 0 aliphatic rings. The summed E-state index contributed by atoms with van der Waals surface area (Å²) in [6.45, 7) is 2.46. The van der Waals surface area contributed by atoms with Crippen LogP contribution in [0.25, 0.3) is 0 Å². The zero-order chi connectivity index (χ0) is 17.5. The highest BCUT2D eigenvalue weighted by Crippen LogP contribution is 2.22. The highest BCUT2D eigenvalue weighted by molar-refractivity contribution is 7.93. The van der Waals surface area contributed by atoms with Gasteiger partial charge in [0.2, 0.25) is 0 Å². The van der Waals surface area contributed by atoms with Crippen LogP contribution in [0.5, 0.6) is 0 Å². The SMILES string of the molecule is COCCN=S(=O)(CC(C)(O)Cc1ccccc1)c1ccccc1. The molecule has 2 rings (SSSR count). The molecule has 2 aromatic rings. The molecule has 1 N–H and O–H groups in total. The molecule has 0 saturated heterocycles. The van der Waals surface area contributed by atoms with Gasteiger partial charge in [-0.1, -0.05) is 48.5 Å². The number of hydrogen-bond acceptors (Lipinski definition) is 4. The Balaban J connectivity index is 2.28. The molecule has 2 unspecified atom stereocenters. The molecule has 0 radical (unpaired) electrons. The zero-order valence-corrected chi connectivity index (χ0v) is 15.0. The summed E-state index contributed by atoms with van der Waals surface area (Å²) in [5, 5.41) is 10.9. The molecular formula is C19H25NO3S. The quantitative estimate of drug-likeness (QED) is 0.746. The Morgan fingerprint density at radius 2 is 1.67 bits per heavy atom. The van der Waals surface area contributed by atoms with Crippen molar-refractivity contribution in [2.24, 2.45) is 4.36 Å². The van der Waals surface area contributed by atoms with Gasteiger partial charge in [0, 0.05) is 18.4 Å². The van der Waals surface area contributed by atoms with E-state index in [-0.39, 0.29) is 5.75 Å². The van der Waals surface area contributed by atoms with Gasteiger partial charge in [-0.2, -0.15) is 0 Å². The van der Waals surface area contributed by atoms with E-state index in [1.54, 1.807) is 26.2 Å². The molecule has 0 aromatic heterocycles. The van der Waals surface area contributed by atoms with Crippen LogP contribution < -0.4 is 0 Å². The van der Waals surface area contributed by atoms with Crippen molar-refractivity contribution in [1.29, 1.82) is 0 Å². The van der Waals surface area contributed by atoms with E-state index in [4.69, 9.17) is 4.74 Å². The normalized spacial score (nSPS) is 16.1. The number of aliphatic hydroxyl groups is 1. The molecule has 5 heteroatoms. The molecule has 0 aliphatic heterocycles. The van der Waals surface area contributed by atoms with Crippen LogP contribution in [0.2, 0.25) is 0 Å². The van der Waals surface area contributed by atoms with Gasteiger partial charge in [-0.05, 0) is 24.6 Å². The molecule has 0 amide bonds. The molecule has 0 spiro atoms. The van der Waals surface area contributed by atoms with E-state index < -0.39 is 15.3 Å². The van der Waals surface area contributed by atoms with Gasteiger partial charge in [0.25, 0.3) is 0 Å². The lowest BCUT2D eigenvalue weighted by atomic mass is 9.99. The third-order valence-corrected chi connectivity index (χ3v) is 6.26. The molecule has 24 heavy (non-hydrogen) atoms. The first-order valence-electron chi connectivity index (χ1n) is 7.96. The molecule has 2 atom stereocenters. The molecule has 0 fully saturated rings. The van der Waals surface area contributed by atoms with Gasteiger partial charge in [0.05, 0.1) is 34.2 Å². The van der Waals surface area contributed by atoms with Gasteiger partial charge in [0.1, 0.15) is 0 Å². The first-order valence-corrected chi connectivity index (χ1v) is 9.64. The van der Waals surface area contributed by atoms with Crippen molar-refractivity contribution in [3.63, 3.8) is 0 Å². The highest BCUT2D eigenvalue weighted by atomic mass is 32.2.